The Labute approximate surface area is 121 Å². The normalized spacial score (nSPS) is 24.3. The average molecular weight is 268 g/mol. The maximum atomic E-state index is 3.81. The lowest BCUT2D eigenvalue weighted by Gasteiger charge is -2.42. The molecule has 0 spiro atoms. The van der Waals surface area contributed by atoms with E-state index in [-0.39, 0.29) is 0 Å². The second-order valence-corrected chi connectivity index (χ2v) is 6.24. The third-order valence-electron chi connectivity index (χ3n) is 4.74. The summed E-state index contributed by atoms with van der Waals surface area (Å²) in [6, 6.07) is 1.45. The van der Waals surface area contributed by atoms with Gasteiger partial charge < -0.3 is 5.32 Å². The third kappa shape index (κ3) is 5.43. The van der Waals surface area contributed by atoms with E-state index in [1.165, 1.54) is 64.6 Å². The quantitative estimate of drug-likeness (QED) is 0.678. The van der Waals surface area contributed by atoms with Crippen LogP contribution in [0, 0.1) is 5.92 Å². The number of rotatable bonds is 9. The highest BCUT2D eigenvalue weighted by molar-refractivity contribution is 4.86. The van der Waals surface area contributed by atoms with E-state index in [9.17, 15) is 0 Å². The minimum absolute atomic E-state index is 0.700. The van der Waals surface area contributed by atoms with Crippen LogP contribution in [0.15, 0.2) is 0 Å². The van der Waals surface area contributed by atoms with Crippen LogP contribution in [-0.4, -0.2) is 36.6 Å². The molecule has 19 heavy (non-hydrogen) atoms. The first-order chi connectivity index (χ1) is 9.26. The molecule has 1 aliphatic rings. The molecule has 0 amide bonds. The molecule has 0 bridgehead atoms. The Kier molecular flexibility index (Phi) is 8.72. The fourth-order valence-electron chi connectivity index (χ4n) is 3.60. The summed E-state index contributed by atoms with van der Waals surface area (Å²) in [6.45, 7) is 13.1. The summed E-state index contributed by atoms with van der Waals surface area (Å²) in [7, 11) is 0. The van der Waals surface area contributed by atoms with Crippen molar-refractivity contribution in [1.29, 1.82) is 0 Å². The van der Waals surface area contributed by atoms with Gasteiger partial charge >= 0.3 is 0 Å². The van der Waals surface area contributed by atoms with E-state index in [0.29, 0.717) is 6.04 Å². The molecule has 1 N–H and O–H groups in total. The molecule has 1 fully saturated rings. The molecule has 3 atom stereocenters. The Balaban J connectivity index is 2.60. The highest BCUT2D eigenvalue weighted by Crippen LogP contribution is 2.24. The summed E-state index contributed by atoms with van der Waals surface area (Å²) in [5, 5.41) is 3.81. The molecule has 1 heterocycles. The summed E-state index contributed by atoms with van der Waals surface area (Å²) < 4.78 is 0. The largest absolute Gasteiger partial charge is 0.312 e. The number of piperidine rings is 1. The van der Waals surface area contributed by atoms with Crippen molar-refractivity contribution in [3.05, 3.63) is 0 Å². The van der Waals surface area contributed by atoms with Gasteiger partial charge in [-0.15, -0.1) is 0 Å². The zero-order valence-electron chi connectivity index (χ0n) is 13.8. The zero-order chi connectivity index (χ0) is 14.1. The summed E-state index contributed by atoms with van der Waals surface area (Å²) in [5.41, 5.74) is 0. The Morgan fingerprint density at radius 3 is 2.53 bits per heavy atom. The number of hydrogen-bond donors (Lipinski definition) is 1. The van der Waals surface area contributed by atoms with Crippen LogP contribution in [0.3, 0.4) is 0 Å². The van der Waals surface area contributed by atoms with Gasteiger partial charge in [0, 0.05) is 18.6 Å². The van der Waals surface area contributed by atoms with E-state index < -0.39 is 0 Å². The van der Waals surface area contributed by atoms with Gasteiger partial charge in [-0.3, -0.25) is 4.90 Å². The molecule has 3 unspecified atom stereocenters. The molecule has 0 saturated carbocycles. The van der Waals surface area contributed by atoms with Crippen LogP contribution < -0.4 is 5.32 Å². The van der Waals surface area contributed by atoms with Crippen LogP contribution in [0.2, 0.25) is 0 Å². The maximum Gasteiger partial charge on any atom is 0.0246 e. The van der Waals surface area contributed by atoms with Gasteiger partial charge in [0.25, 0.3) is 0 Å². The summed E-state index contributed by atoms with van der Waals surface area (Å²) in [6.07, 6.45) is 9.36. The van der Waals surface area contributed by atoms with Crippen molar-refractivity contribution in [3.63, 3.8) is 0 Å². The first kappa shape index (κ1) is 17.0. The van der Waals surface area contributed by atoms with Crippen molar-refractivity contribution in [3.8, 4) is 0 Å². The summed E-state index contributed by atoms with van der Waals surface area (Å²) >= 11 is 0. The number of nitrogens with one attached hydrogen (secondary N) is 1. The lowest BCUT2D eigenvalue weighted by atomic mass is 9.91. The zero-order valence-corrected chi connectivity index (χ0v) is 13.8. The lowest BCUT2D eigenvalue weighted by molar-refractivity contribution is 0.0907. The van der Waals surface area contributed by atoms with Crippen molar-refractivity contribution < 1.29 is 0 Å². The molecule has 1 saturated heterocycles. The van der Waals surface area contributed by atoms with Gasteiger partial charge in [-0.2, -0.15) is 0 Å². The number of nitrogens with zero attached hydrogens (tertiary/aromatic N) is 1. The topological polar surface area (TPSA) is 15.3 Å². The van der Waals surface area contributed by atoms with Crippen molar-refractivity contribution in [2.24, 2.45) is 5.92 Å². The van der Waals surface area contributed by atoms with E-state index in [0.717, 1.165) is 12.0 Å². The molecular formula is C17H36N2. The van der Waals surface area contributed by atoms with Crippen LogP contribution in [0.5, 0.6) is 0 Å². The Morgan fingerprint density at radius 1 is 1.16 bits per heavy atom. The van der Waals surface area contributed by atoms with Crippen molar-refractivity contribution in [2.45, 2.75) is 84.7 Å². The second kappa shape index (κ2) is 9.77. The number of hydrogen-bond acceptors (Lipinski definition) is 2. The molecule has 2 nitrogen and oxygen atoms in total. The number of likely N-dealkylation sites (tertiary alicyclic amines) is 1. The molecule has 0 aromatic heterocycles. The van der Waals surface area contributed by atoms with Crippen LogP contribution in [-0.2, 0) is 0 Å². The fraction of sp³-hybridized carbons (Fsp3) is 1.00. The molecule has 1 rings (SSSR count). The minimum Gasteiger partial charge on any atom is -0.312 e. The monoisotopic (exact) mass is 268 g/mol. The average Bonchev–Trinajstić information content (AvgIpc) is 2.45. The van der Waals surface area contributed by atoms with Gasteiger partial charge in [0.05, 0.1) is 0 Å². The molecule has 114 valence electrons. The molecule has 0 aliphatic carbocycles. The van der Waals surface area contributed by atoms with E-state index >= 15 is 0 Å². The highest BCUT2D eigenvalue weighted by Gasteiger charge is 2.28. The van der Waals surface area contributed by atoms with Gasteiger partial charge in [0.15, 0.2) is 0 Å². The van der Waals surface area contributed by atoms with Crippen molar-refractivity contribution >= 4 is 0 Å². The first-order valence-corrected chi connectivity index (χ1v) is 8.74. The van der Waals surface area contributed by atoms with E-state index in [2.05, 4.69) is 37.9 Å². The summed E-state index contributed by atoms with van der Waals surface area (Å²) in [5.74, 6) is 0.941. The predicted octanol–water partition coefficient (Wildman–Crippen LogP) is 4.06. The van der Waals surface area contributed by atoms with Crippen LogP contribution in [0.4, 0.5) is 0 Å². The van der Waals surface area contributed by atoms with Crippen LogP contribution in [0.1, 0.15) is 72.6 Å². The smallest absolute Gasteiger partial charge is 0.0246 e. The van der Waals surface area contributed by atoms with Crippen molar-refractivity contribution in [1.82, 2.24) is 10.2 Å². The van der Waals surface area contributed by atoms with Gasteiger partial charge in [-0.1, -0.05) is 40.5 Å². The van der Waals surface area contributed by atoms with E-state index in [4.69, 9.17) is 0 Å². The Hall–Kier alpha value is -0.0800. The third-order valence-corrected chi connectivity index (χ3v) is 4.74. The van der Waals surface area contributed by atoms with Gasteiger partial charge in [-0.05, 0) is 51.1 Å². The molecule has 2 heteroatoms. The first-order valence-electron chi connectivity index (χ1n) is 8.74. The Morgan fingerprint density at radius 2 is 1.95 bits per heavy atom. The van der Waals surface area contributed by atoms with Crippen LogP contribution >= 0.6 is 0 Å². The molecule has 0 aromatic rings. The maximum absolute atomic E-state index is 3.81. The summed E-state index contributed by atoms with van der Waals surface area (Å²) in [4.78, 5) is 2.79. The van der Waals surface area contributed by atoms with Gasteiger partial charge in [0.1, 0.15) is 0 Å². The SMILES string of the molecule is CCCNC(CCC)C(CC)N1CCCC(CC)C1. The molecule has 0 aromatic carbocycles. The second-order valence-electron chi connectivity index (χ2n) is 6.24. The van der Waals surface area contributed by atoms with Gasteiger partial charge in [-0.25, -0.2) is 0 Å². The van der Waals surface area contributed by atoms with E-state index in [1.807, 2.05) is 0 Å². The van der Waals surface area contributed by atoms with E-state index in [1.54, 1.807) is 0 Å². The molecule has 1 aliphatic heterocycles. The standard InChI is InChI=1S/C17H36N2/c1-5-10-16(18-12-6-2)17(8-4)19-13-9-11-15(7-3)14-19/h15-18H,5-14H2,1-4H3. The Bertz CT molecular complexity index is 213. The fourth-order valence-corrected chi connectivity index (χ4v) is 3.60. The van der Waals surface area contributed by atoms with Crippen LogP contribution in [0.25, 0.3) is 0 Å². The predicted molar refractivity (Wildman–Crippen MR) is 85.7 cm³/mol. The van der Waals surface area contributed by atoms with Gasteiger partial charge in [0.2, 0.25) is 0 Å². The highest BCUT2D eigenvalue weighted by atomic mass is 15.2. The van der Waals surface area contributed by atoms with Crippen molar-refractivity contribution in [2.75, 3.05) is 19.6 Å². The molecule has 0 radical (unpaired) electrons. The molecular weight excluding hydrogens is 232 g/mol. The minimum atomic E-state index is 0.700. The lowest BCUT2D eigenvalue weighted by Crippen LogP contribution is -2.53.